The molecule has 1 aliphatic heterocycles. The van der Waals surface area contributed by atoms with Gasteiger partial charge in [0, 0.05) is 18.9 Å². The highest BCUT2D eigenvalue weighted by atomic mass is 32.2. The maximum atomic E-state index is 13.2. The first-order valence-electron chi connectivity index (χ1n) is 14.2. The van der Waals surface area contributed by atoms with Gasteiger partial charge in [0.05, 0.1) is 0 Å². The standard InChI is InChI=1S/C28H40N4O9S/c29-13-6-14-42(40)17-21(31-28(39)41-16-18-7-2-1-3-8-18)25(34)30-20(26(35)36)11-12-24(33)32-22-10-5-4-9-19(22)15-23(32)27(37)38/h1-3,7-8,19-23H,4-6,9-17,29H2,(H,30,34)(H,31,39)(H,35,36)(H,37,38)/t19-,20+,21-,22-,23-,42?/m0/s1. The van der Waals surface area contributed by atoms with Crippen molar-refractivity contribution in [3.8, 4) is 0 Å². The normalized spacial score (nSPS) is 21.9. The fourth-order valence-corrected chi connectivity index (χ4v) is 6.83. The largest absolute Gasteiger partial charge is 0.616 e. The molecule has 6 atom stereocenters. The van der Waals surface area contributed by atoms with Gasteiger partial charge in [0.2, 0.25) is 11.8 Å². The van der Waals surface area contributed by atoms with Gasteiger partial charge in [-0.05, 0) is 43.7 Å². The molecule has 42 heavy (non-hydrogen) atoms. The average molecular weight is 609 g/mol. The maximum Gasteiger partial charge on any atom is 0.408 e. The van der Waals surface area contributed by atoms with Crippen LogP contribution in [0.5, 0.6) is 0 Å². The van der Waals surface area contributed by atoms with E-state index in [0.29, 0.717) is 24.8 Å². The van der Waals surface area contributed by atoms with Crippen molar-refractivity contribution in [2.45, 2.75) is 82.1 Å². The number of benzene rings is 1. The van der Waals surface area contributed by atoms with Gasteiger partial charge in [0.1, 0.15) is 30.2 Å². The number of nitrogens with two attached hydrogens (primary N) is 1. The van der Waals surface area contributed by atoms with E-state index < -0.39 is 59.1 Å². The molecule has 1 aromatic carbocycles. The number of rotatable bonds is 15. The monoisotopic (exact) mass is 608 g/mol. The van der Waals surface area contributed by atoms with Crippen molar-refractivity contribution in [1.82, 2.24) is 15.5 Å². The molecule has 1 aliphatic carbocycles. The summed E-state index contributed by atoms with van der Waals surface area (Å²) in [5, 5.41) is 24.2. The Morgan fingerprint density at radius 2 is 1.79 bits per heavy atom. The van der Waals surface area contributed by atoms with E-state index in [0.717, 1.165) is 19.3 Å². The number of alkyl carbamates (subject to hydrolysis) is 1. The fraction of sp³-hybridized carbons (Fsp3) is 0.607. The molecule has 3 amide bonds. The highest BCUT2D eigenvalue weighted by Gasteiger charge is 2.47. The minimum Gasteiger partial charge on any atom is -0.616 e. The first kappa shape index (κ1) is 33.1. The summed E-state index contributed by atoms with van der Waals surface area (Å²) in [7, 11) is 0. The molecule has 1 unspecified atom stereocenters. The lowest BCUT2D eigenvalue weighted by molar-refractivity contribution is -0.150. The number of amides is 3. The molecule has 232 valence electrons. The Hall–Kier alpha value is -3.36. The molecule has 2 fully saturated rings. The summed E-state index contributed by atoms with van der Waals surface area (Å²) in [4.78, 5) is 64.0. The molecular formula is C28H40N4O9S. The quantitative estimate of drug-likeness (QED) is 0.178. The van der Waals surface area contributed by atoms with E-state index in [1.54, 1.807) is 30.3 Å². The second kappa shape index (κ2) is 16.3. The molecule has 1 saturated carbocycles. The Morgan fingerprint density at radius 1 is 1.07 bits per heavy atom. The van der Waals surface area contributed by atoms with Crippen LogP contribution in [0.2, 0.25) is 0 Å². The second-order valence-electron chi connectivity index (χ2n) is 10.7. The van der Waals surface area contributed by atoms with E-state index in [-0.39, 0.29) is 49.5 Å². The van der Waals surface area contributed by atoms with E-state index >= 15 is 0 Å². The van der Waals surface area contributed by atoms with Crippen LogP contribution < -0.4 is 16.4 Å². The Bertz CT molecular complexity index is 1090. The summed E-state index contributed by atoms with van der Waals surface area (Å²) in [5.41, 5.74) is 6.18. The first-order chi connectivity index (χ1) is 20.1. The van der Waals surface area contributed by atoms with E-state index in [1.165, 1.54) is 4.90 Å². The van der Waals surface area contributed by atoms with Crippen LogP contribution in [0.4, 0.5) is 4.79 Å². The Morgan fingerprint density at radius 3 is 2.45 bits per heavy atom. The topological polar surface area (TPSA) is 211 Å². The minimum atomic E-state index is -1.55. The summed E-state index contributed by atoms with van der Waals surface area (Å²) in [6.45, 7) is 0.207. The van der Waals surface area contributed by atoms with Gasteiger partial charge < -0.3 is 40.8 Å². The highest BCUT2D eigenvalue weighted by molar-refractivity contribution is 7.91. The first-order valence-corrected chi connectivity index (χ1v) is 15.7. The Balaban J connectivity index is 1.63. The van der Waals surface area contributed by atoms with Gasteiger partial charge in [-0.3, -0.25) is 9.59 Å². The van der Waals surface area contributed by atoms with E-state index in [9.17, 15) is 38.7 Å². The van der Waals surface area contributed by atoms with Crippen LogP contribution in [-0.2, 0) is 41.7 Å². The van der Waals surface area contributed by atoms with Crippen molar-refractivity contribution < 1.29 is 43.5 Å². The minimum absolute atomic E-state index is 0.0766. The molecule has 0 bridgehead atoms. The number of ether oxygens (including phenoxy) is 1. The molecule has 6 N–H and O–H groups in total. The van der Waals surface area contributed by atoms with Crippen molar-refractivity contribution in [1.29, 1.82) is 0 Å². The smallest absolute Gasteiger partial charge is 0.408 e. The number of nitrogens with zero attached hydrogens (tertiary/aromatic N) is 1. The predicted molar refractivity (Wildman–Crippen MR) is 153 cm³/mol. The van der Waals surface area contributed by atoms with Gasteiger partial charge in [0.25, 0.3) is 0 Å². The lowest BCUT2D eigenvalue weighted by atomic mass is 9.84. The number of aliphatic carboxylic acids is 2. The van der Waals surface area contributed by atoms with Crippen molar-refractivity contribution in [2.75, 3.05) is 18.1 Å². The highest BCUT2D eigenvalue weighted by Crippen LogP contribution is 2.40. The van der Waals surface area contributed by atoms with Crippen LogP contribution >= 0.6 is 0 Å². The Labute approximate surface area is 247 Å². The maximum absolute atomic E-state index is 13.2. The van der Waals surface area contributed by atoms with E-state index in [4.69, 9.17) is 10.5 Å². The molecule has 1 aromatic rings. The number of fused-ring (bicyclic) bond motifs is 1. The van der Waals surface area contributed by atoms with Crippen molar-refractivity contribution >= 4 is 41.0 Å². The van der Waals surface area contributed by atoms with Crippen molar-refractivity contribution in [3.63, 3.8) is 0 Å². The third-order valence-electron chi connectivity index (χ3n) is 7.67. The van der Waals surface area contributed by atoms with Crippen LogP contribution in [0, 0.1) is 5.92 Å². The van der Waals surface area contributed by atoms with Crippen LogP contribution in [0.3, 0.4) is 0 Å². The van der Waals surface area contributed by atoms with Gasteiger partial charge in [-0.1, -0.05) is 54.3 Å². The van der Waals surface area contributed by atoms with Gasteiger partial charge in [0.15, 0.2) is 6.04 Å². The number of carboxylic acid groups (broad SMARTS) is 2. The van der Waals surface area contributed by atoms with E-state index in [2.05, 4.69) is 10.6 Å². The number of nitrogens with one attached hydrogen (secondary N) is 2. The van der Waals surface area contributed by atoms with Gasteiger partial charge in [-0.15, -0.1) is 0 Å². The fourth-order valence-electron chi connectivity index (χ4n) is 5.57. The number of hydrogen-bond acceptors (Lipinski definition) is 8. The third kappa shape index (κ3) is 9.60. The van der Waals surface area contributed by atoms with Crippen LogP contribution in [0.25, 0.3) is 0 Å². The summed E-state index contributed by atoms with van der Waals surface area (Å²) in [5.74, 6) is -3.87. The summed E-state index contributed by atoms with van der Waals surface area (Å²) >= 11 is -1.55. The van der Waals surface area contributed by atoms with Gasteiger partial charge >= 0.3 is 18.0 Å². The van der Waals surface area contributed by atoms with Crippen molar-refractivity contribution in [2.24, 2.45) is 11.7 Å². The molecular weight excluding hydrogens is 568 g/mol. The molecule has 2 aliphatic rings. The summed E-state index contributed by atoms with van der Waals surface area (Å²) in [6, 6.07) is 4.80. The number of likely N-dealkylation sites (tertiary alicyclic amines) is 1. The molecule has 3 rings (SSSR count). The SMILES string of the molecule is NCCC[S+]([O-])C[C@H](NC(=O)OCc1ccccc1)C(=O)N[C@H](CCC(=O)N1[C@H](C(=O)O)C[C@@H]2CCCC[C@@H]21)C(=O)O. The van der Waals surface area contributed by atoms with Crippen LogP contribution in [0.1, 0.15) is 56.9 Å². The molecule has 1 heterocycles. The number of hydrogen-bond donors (Lipinski definition) is 5. The third-order valence-corrected chi connectivity index (χ3v) is 9.12. The van der Waals surface area contributed by atoms with Gasteiger partial charge in [-0.2, -0.15) is 0 Å². The second-order valence-corrected chi connectivity index (χ2v) is 12.3. The van der Waals surface area contributed by atoms with Crippen LogP contribution in [-0.4, -0.2) is 91.7 Å². The number of carbonyl (C=O) groups excluding carboxylic acids is 3. The van der Waals surface area contributed by atoms with Crippen molar-refractivity contribution in [3.05, 3.63) is 35.9 Å². The average Bonchev–Trinajstić information content (AvgIpc) is 3.37. The zero-order valence-electron chi connectivity index (χ0n) is 23.4. The summed E-state index contributed by atoms with van der Waals surface area (Å²) < 4.78 is 17.7. The van der Waals surface area contributed by atoms with E-state index in [1.807, 2.05) is 0 Å². The zero-order chi connectivity index (χ0) is 30.6. The molecule has 14 heteroatoms. The lowest BCUT2D eigenvalue weighted by Gasteiger charge is -2.33. The molecule has 0 radical (unpaired) electrons. The predicted octanol–water partition coefficient (Wildman–Crippen LogP) is 0.973. The van der Waals surface area contributed by atoms with Gasteiger partial charge in [-0.25, -0.2) is 14.4 Å². The molecule has 0 aromatic heterocycles. The molecule has 13 nitrogen and oxygen atoms in total. The Kier molecular flexibility index (Phi) is 12.9. The molecule has 0 spiro atoms. The number of carboxylic acids is 2. The lowest BCUT2D eigenvalue weighted by Crippen LogP contribution is -2.54. The molecule has 1 saturated heterocycles. The van der Waals surface area contributed by atoms with Crippen LogP contribution in [0.15, 0.2) is 30.3 Å². The zero-order valence-corrected chi connectivity index (χ0v) is 24.3. The number of carbonyl (C=O) groups is 5. The summed E-state index contributed by atoms with van der Waals surface area (Å²) in [6.07, 6.45) is 2.69.